The molecule has 0 heterocycles. The molecule has 1 aliphatic rings. The van der Waals surface area contributed by atoms with E-state index >= 15 is 0 Å². The van der Waals surface area contributed by atoms with E-state index in [0.29, 0.717) is 4.74 Å². The van der Waals surface area contributed by atoms with Gasteiger partial charge in [-0.1, -0.05) is 24.3 Å². The molecule has 0 spiro atoms. The van der Waals surface area contributed by atoms with Gasteiger partial charge in [0, 0.05) is 35.4 Å². The SMILES string of the molecule is C=[N+]([O-])c1ccc(OC2=C(Oc3ccc([N+](=O)[O-])cc3)C(=O)c3ccccc3C2=O)cc1. The lowest BCUT2D eigenvalue weighted by Crippen LogP contribution is -2.27. The van der Waals surface area contributed by atoms with Gasteiger partial charge in [0.1, 0.15) is 18.2 Å². The molecule has 0 radical (unpaired) electrons. The van der Waals surface area contributed by atoms with Crippen molar-refractivity contribution in [3.63, 3.8) is 0 Å². The Hall–Kier alpha value is -4.79. The molecule has 0 bridgehead atoms. The number of rotatable bonds is 6. The van der Waals surface area contributed by atoms with Crippen molar-refractivity contribution < 1.29 is 28.7 Å². The van der Waals surface area contributed by atoms with Crippen LogP contribution in [-0.2, 0) is 0 Å². The maximum atomic E-state index is 13.1. The second-order valence-corrected chi connectivity index (χ2v) is 6.69. The molecule has 158 valence electrons. The summed E-state index contributed by atoms with van der Waals surface area (Å²) in [7, 11) is 0. The molecule has 1 aliphatic carbocycles. The first-order valence-electron chi connectivity index (χ1n) is 9.26. The second-order valence-electron chi connectivity index (χ2n) is 6.69. The fourth-order valence-corrected chi connectivity index (χ4v) is 3.07. The van der Waals surface area contributed by atoms with Gasteiger partial charge in [0.2, 0.25) is 28.8 Å². The van der Waals surface area contributed by atoms with E-state index in [1.165, 1.54) is 60.7 Å². The average molecular weight is 430 g/mol. The molecule has 0 amide bonds. The summed E-state index contributed by atoms with van der Waals surface area (Å²) in [5.41, 5.74) is 0.419. The van der Waals surface area contributed by atoms with Crippen LogP contribution in [0.4, 0.5) is 11.4 Å². The number of hydrogen-bond donors (Lipinski definition) is 0. The lowest BCUT2D eigenvalue weighted by molar-refractivity contribution is -0.384. The number of ketones is 2. The zero-order valence-electron chi connectivity index (χ0n) is 16.4. The number of carbonyl (C=O) groups excluding carboxylic acids is 2. The largest absolute Gasteiger partial charge is 0.619 e. The number of benzene rings is 3. The van der Waals surface area contributed by atoms with Gasteiger partial charge in [-0.15, -0.1) is 0 Å². The normalized spacial score (nSPS) is 12.9. The summed E-state index contributed by atoms with van der Waals surface area (Å²) in [4.78, 5) is 36.5. The molecule has 0 saturated carbocycles. The van der Waals surface area contributed by atoms with E-state index in [1.807, 2.05) is 0 Å². The first kappa shape index (κ1) is 20.5. The van der Waals surface area contributed by atoms with Gasteiger partial charge < -0.3 is 14.7 Å². The Morgan fingerprint density at radius 1 is 0.656 bits per heavy atom. The summed E-state index contributed by atoms with van der Waals surface area (Å²) < 4.78 is 11.8. The van der Waals surface area contributed by atoms with E-state index in [4.69, 9.17) is 9.47 Å². The van der Waals surface area contributed by atoms with Crippen LogP contribution in [0.3, 0.4) is 0 Å². The molecule has 0 atom stereocenters. The van der Waals surface area contributed by atoms with E-state index < -0.39 is 16.5 Å². The standard InChI is InChI=1S/C23H14N2O7/c1-24(28)14-6-10-16(11-7-14)31-22-20(26)18-4-2-3-5-19(18)21(27)23(22)32-17-12-8-15(9-13-17)25(29)30/h2-13H,1H2. The minimum Gasteiger partial charge on any atom is -0.619 e. The molecule has 3 aromatic carbocycles. The number of ether oxygens (including phenoxy) is 2. The quantitative estimate of drug-likeness (QED) is 0.189. The van der Waals surface area contributed by atoms with Gasteiger partial charge in [0.25, 0.3) is 5.69 Å². The number of fused-ring (bicyclic) bond motifs is 1. The Morgan fingerprint density at radius 3 is 1.44 bits per heavy atom. The van der Waals surface area contributed by atoms with Gasteiger partial charge in [-0.05, 0) is 24.3 Å². The lowest BCUT2D eigenvalue weighted by atomic mass is 9.92. The van der Waals surface area contributed by atoms with Crippen molar-refractivity contribution in [3.8, 4) is 11.5 Å². The van der Waals surface area contributed by atoms with Crippen molar-refractivity contribution in [1.29, 1.82) is 0 Å². The summed E-state index contributed by atoms with van der Waals surface area (Å²) >= 11 is 0. The predicted molar refractivity (Wildman–Crippen MR) is 113 cm³/mol. The van der Waals surface area contributed by atoms with Crippen molar-refractivity contribution in [1.82, 2.24) is 0 Å². The number of allylic oxidation sites excluding steroid dienone is 2. The number of hydrogen-bond acceptors (Lipinski definition) is 7. The number of non-ortho nitro benzene ring substituents is 1. The van der Waals surface area contributed by atoms with Crippen LogP contribution >= 0.6 is 0 Å². The molecule has 9 nitrogen and oxygen atoms in total. The summed E-state index contributed by atoms with van der Waals surface area (Å²) in [5, 5.41) is 22.2. The van der Waals surface area contributed by atoms with Gasteiger partial charge in [-0.3, -0.25) is 19.7 Å². The summed E-state index contributed by atoms with van der Waals surface area (Å²) in [6.45, 7) is 3.24. The monoisotopic (exact) mass is 430 g/mol. The van der Waals surface area contributed by atoms with Crippen molar-refractivity contribution in [3.05, 3.63) is 111 Å². The van der Waals surface area contributed by atoms with E-state index in [-0.39, 0.29) is 45.5 Å². The molecule has 0 unspecified atom stereocenters. The van der Waals surface area contributed by atoms with Crippen LogP contribution in [0.2, 0.25) is 0 Å². The van der Waals surface area contributed by atoms with Crippen molar-refractivity contribution in [2.24, 2.45) is 0 Å². The van der Waals surface area contributed by atoms with Gasteiger partial charge in [0.05, 0.1) is 4.92 Å². The van der Waals surface area contributed by atoms with E-state index in [9.17, 15) is 24.9 Å². The maximum absolute atomic E-state index is 13.1. The smallest absolute Gasteiger partial charge is 0.269 e. The van der Waals surface area contributed by atoms with Crippen LogP contribution in [-0.4, -0.2) is 27.9 Å². The molecular weight excluding hydrogens is 416 g/mol. The summed E-state index contributed by atoms with van der Waals surface area (Å²) in [6.07, 6.45) is 0. The Kier molecular flexibility index (Phi) is 5.22. The highest BCUT2D eigenvalue weighted by Crippen LogP contribution is 2.31. The molecule has 9 heteroatoms. The Bertz CT molecular complexity index is 1190. The highest BCUT2D eigenvalue weighted by Gasteiger charge is 2.36. The van der Waals surface area contributed by atoms with Gasteiger partial charge in [-0.2, -0.15) is 4.74 Å². The van der Waals surface area contributed by atoms with Crippen LogP contribution in [0, 0.1) is 15.3 Å². The minimum atomic E-state index is -0.575. The van der Waals surface area contributed by atoms with E-state index in [1.54, 1.807) is 12.1 Å². The highest BCUT2D eigenvalue weighted by atomic mass is 16.6. The van der Waals surface area contributed by atoms with Gasteiger partial charge in [0.15, 0.2) is 0 Å². The van der Waals surface area contributed by atoms with Crippen molar-refractivity contribution in [2.45, 2.75) is 0 Å². The highest BCUT2D eigenvalue weighted by molar-refractivity contribution is 6.25. The number of nitro benzene ring substituents is 1. The molecule has 0 saturated heterocycles. The summed E-state index contributed by atoms with van der Waals surface area (Å²) in [5.74, 6) is -1.53. The average Bonchev–Trinajstić information content (AvgIpc) is 2.80. The Labute approximate surface area is 181 Å². The fourth-order valence-electron chi connectivity index (χ4n) is 3.07. The first-order valence-corrected chi connectivity index (χ1v) is 9.26. The van der Waals surface area contributed by atoms with Gasteiger partial charge in [-0.25, -0.2) is 0 Å². The van der Waals surface area contributed by atoms with E-state index in [2.05, 4.69) is 6.72 Å². The van der Waals surface area contributed by atoms with Crippen LogP contribution < -0.4 is 9.47 Å². The maximum Gasteiger partial charge on any atom is 0.269 e. The Morgan fingerprint density at radius 2 is 1.06 bits per heavy atom. The van der Waals surface area contributed by atoms with Gasteiger partial charge >= 0.3 is 0 Å². The number of nitrogens with zero attached hydrogens (tertiary/aromatic N) is 2. The number of nitro groups is 1. The fraction of sp³-hybridized carbons (Fsp3) is 0. The molecule has 4 rings (SSSR count). The predicted octanol–water partition coefficient (Wildman–Crippen LogP) is 4.19. The van der Waals surface area contributed by atoms with Crippen molar-refractivity contribution in [2.75, 3.05) is 0 Å². The first-order chi connectivity index (χ1) is 15.3. The summed E-state index contributed by atoms with van der Waals surface area (Å²) in [6, 6.07) is 17.1. The molecular formula is C23H14N2O7. The third kappa shape index (κ3) is 3.82. The number of Topliss-reactive ketones (excluding diaryl/α,β-unsaturated/α-hetero) is 2. The third-order valence-electron chi connectivity index (χ3n) is 4.65. The molecule has 0 aromatic heterocycles. The zero-order chi connectivity index (χ0) is 22.8. The molecule has 3 aromatic rings. The van der Waals surface area contributed by atoms with Crippen LogP contribution in [0.15, 0.2) is 84.3 Å². The zero-order valence-corrected chi connectivity index (χ0v) is 16.4. The minimum absolute atomic E-state index is 0.113. The van der Waals surface area contributed by atoms with Crippen LogP contribution in [0.5, 0.6) is 11.5 Å². The molecule has 0 fully saturated rings. The van der Waals surface area contributed by atoms with E-state index in [0.717, 1.165) is 0 Å². The molecule has 0 aliphatic heterocycles. The topological polar surface area (TPSA) is 122 Å². The lowest BCUT2D eigenvalue weighted by Gasteiger charge is -2.21. The van der Waals surface area contributed by atoms with Crippen LogP contribution in [0.1, 0.15) is 20.7 Å². The number of carbonyl (C=O) groups is 2. The van der Waals surface area contributed by atoms with Crippen molar-refractivity contribution >= 4 is 29.7 Å². The Balaban J connectivity index is 1.75. The van der Waals surface area contributed by atoms with Crippen LogP contribution in [0.25, 0.3) is 0 Å². The molecule has 0 N–H and O–H groups in total. The molecule has 32 heavy (non-hydrogen) atoms. The second kappa shape index (κ2) is 8.15. The third-order valence-corrected chi connectivity index (χ3v) is 4.65.